The van der Waals surface area contributed by atoms with E-state index in [9.17, 15) is 9.90 Å². The number of aromatic nitrogens is 5. The zero-order valence-corrected chi connectivity index (χ0v) is 12.1. The van der Waals surface area contributed by atoms with Crippen LogP contribution in [-0.4, -0.2) is 35.6 Å². The number of thiophene rings is 1. The molecule has 0 amide bonds. The minimum atomic E-state index is -1.07. The summed E-state index contributed by atoms with van der Waals surface area (Å²) in [5, 5.41) is 18.9. The van der Waals surface area contributed by atoms with Crippen LogP contribution in [-0.2, 0) is 13.1 Å². The van der Waals surface area contributed by atoms with Gasteiger partial charge in [-0.05, 0) is 18.4 Å². The maximum Gasteiger partial charge on any atom is 0.358 e. The summed E-state index contributed by atoms with van der Waals surface area (Å²) in [5.74, 6) is -0.158. The highest BCUT2D eigenvalue weighted by molar-refractivity contribution is 7.13. The molecule has 0 radical (unpaired) electrons. The maximum atomic E-state index is 11.3. The van der Waals surface area contributed by atoms with Gasteiger partial charge < -0.3 is 9.67 Å². The number of nitrogens with zero attached hydrogens (tertiary/aromatic N) is 5. The molecule has 8 heteroatoms. The van der Waals surface area contributed by atoms with E-state index in [-0.39, 0.29) is 5.69 Å². The van der Waals surface area contributed by atoms with Gasteiger partial charge in [0.25, 0.3) is 0 Å². The Morgan fingerprint density at radius 3 is 2.90 bits per heavy atom. The average Bonchev–Trinajstić information content (AvgIpc) is 3.16. The molecule has 0 fully saturated rings. The van der Waals surface area contributed by atoms with Crippen molar-refractivity contribution in [1.82, 2.24) is 24.5 Å². The Kier molecular flexibility index (Phi) is 3.53. The highest BCUT2D eigenvalue weighted by atomic mass is 32.1. The Bertz CT molecular complexity index is 759. The average molecular weight is 303 g/mol. The van der Waals surface area contributed by atoms with Crippen LogP contribution in [0.5, 0.6) is 0 Å². The van der Waals surface area contributed by atoms with E-state index in [1.807, 2.05) is 35.2 Å². The van der Waals surface area contributed by atoms with Crippen LogP contribution >= 0.6 is 11.3 Å². The lowest BCUT2D eigenvalue weighted by Gasteiger charge is -2.07. The van der Waals surface area contributed by atoms with E-state index in [4.69, 9.17) is 0 Å². The van der Waals surface area contributed by atoms with Crippen LogP contribution in [0.1, 0.15) is 16.3 Å². The Morgan fingerprint density at radius 1 is 1.43 bits per heavy atom. The molecule has 0 bridgehead atoms. The number of aromatic carboxylic acids is 1. The fourth-order valence-electron chi connectivity index (χ4n) is 2.11. The minimum Gasteiger partial charge on any atom is -0.476 e. The molecule has 0 aliphatic heterocycles. The summed E-state index contributed by atoms with van der Waals surface area (Å²) in [7, 11) is 0. The van der Waals surface area contributed by atoms with Crippen molar-refractivity contribution in [1.29, 1.82) is 0 Å². The normalized spacial score (nSPS) is 10.9. The summed E-state index contributed by atoms with van der Waals surface area (Å²) >= 11 is 1.47. The van der Waals surface area contributed by atoms with E-state index in [0.29, 0.717) is 18.8 Å². The molecule has 108 valence electrons. The van der Waals surface area contributed by atoms with Crippen molar-refractivity contribution in [3.8, 4) is 10.6 Å². The SMILES string of the molecule is Cc1nccn1CCn1nnc(C(=O)O)c1-c1cccs1. The molecule has 3 aromatic rings. The summed E-state index contributed by atoms with van der Waals surface area (Å²) in [6, 6.07) is 3.75. The molecule has 1 N–H and O–H groups in total. The quantitative estimate of drug-likeness (QED) is 0.778. The van der Waals surface area contributed by atoms with Crippen molar-refractivity contribution in [3.05, 3.63) is 41.4 Å². The topological polar surface area (TPSA) is 85.8 Å². The zero-order chi connectivity index (χ0) is 14.8. The van der Waals surface area contributed by atoms with Crippen molar-refractivity contribution in [2.75, 3.05) is 0 Å². The summed E-state index contributed by atoms with van der Waals surface area (Å²) < 4.78 is 3.62. The Labute approximate surface area is 124 Å². The summed E-state index contributed by atoms with van der Waals surface area (Å²) in [4.78, 5) is 16.3. The van der Waals surface area contributed by atoms with Crippen molar-refractivity contribution < 1.29 is 9.90 Å². The number of hydrogen-bond donors (Lipinski definition) is 1. The number of carboxylic acids is 1. The number of rotatable bonds is 5. The minimum absolute atomic E-state index is 0.0141. The Hall–Kier alpha value is -2.48. The van der Waals surface area contributed by atoms with Gasteiger partial charge in [0, 0.05) is 18.9 Å². The van der Waals surface area contributed by atoms with Crippen molar-refractivity contribution >= 4 is 17.3 Å². The van der Waals surface area contributed by atoms with E-state index in [0.717, 1.165) is 10.7 Å². The number of aryl methyl sites for hydroxylation is 3. The first-order chi connectivity index (χ1) is 10.2. The second-order valence-corrected chi connectivity index (χ2v) is 5.41. The molecule has 0 saturated heterocycles. The monoisotopic (exact) mass is 303 g/mol. The van der Waals surface area contributed by atoms with E-state index < -0.39 is 5.97 Å². The molecule has 3 rings (SSSR count). The van der Waals surface area contributed by atoms with Crippen LogP contribution in [0.2, 0.25) is 0 Å². The number of imidazole rings is 1. The van der Waals surface area contributed by atoms with Crippen molar-refractivity contribution in [2.45, 2.75) is 20.0 Å². The first-order valence-electron chi connectivity index (χ1n) is 6.35. The molecule has 0 saturated carbocycles. The van der Waals surface area contributed by atoms with E-state index >= 15 is 0 Å². The first kappa shape index (κ1) is 13.5. The Morgan fingerprint density at radius 2 is 2.29 bits per heavy atom. The maximum absolute atomic E-state index is 11.3. The molecule has 0 atom stereocenters. The van der Waals surface area contributed by atoms with Crippen LogP contribution in [0, 0.1) is 6.92 Å². The molecule has 0 aliphatic rings. The summed E-state index contributed by atoms with van der Waals surface area (Å²) in [5.41, 5.74) is 0.537. The van der Waals surface area contributed by atoms with E-state index in [1.54, 1.807) is 10.9 Å². The lowest BCUT2D eigenvalue weighted by molar-refractivity contribution is 0.0691. The highest BCUT2D eigenvalue weighted by Gasteiger charge is 2.21. The molecule has 0 aliphatic carbocycles. The molecule has 0 unspecified atom stereocenters. The van der Waals surface area contributed by atoms with Crippen molar-refractivity contribution in [3.63, 3.8) is 0 Å². The first-order valence-corrected chi connectivity index (χ1v) is 7.23. The van der Waals surface area contributed by atoms with Crippen molar-refractivity contribution in [2.24, 2.45) is 0 Å². The standard InChI is InChI=1S/C13H13N5O2S/c1-9-14-4-5-17(9)6-7-18-12(10-3-2-8-21-10)11(13(19)20)15-16-18/h2-5,8H,6-7H2,1H3,(H,19,20). The zero-order valence-electron chi connectivity index (χ0n) is 11.3. The molecular weight excluding hydrogens is 290 g/mol. The summed E-state index contributed by atoms with van der Waals surface area (Å²) in [6.45, 7) is 3.11. The third-order valence-corrected chi connectivity index (χ3v) is 4.05. The molecular formula is C13H13N5O2S. The second kappa shape index (κ2) is 5.49. The molecule has 0 aromatic carbocycles. The van der Waals surface area contributed by atoms with Gasteiger partial charge in [0.2, 0.25) is 0 Å². The predicted molar refractivity (Wildman–Crippen MR) is 77.3 cm³/mol. The van der Waals surface area contributed by atoms with E-state index in [2.05, 4.69) is 15.3 Å². The lowest BCUT2D eigenvalue weighted by atomic mass is 10.2. The van der Waals surface area contributed by atoms with Gasteiger partial charge in [0.15, 0.2) is 5.69 Å². The highest BCUT2D eigenvalue weighted by Crippen LogP contribution is 2.27. The van der Waals surface area contributed by atoms with Gasteiger partial charge in [-0.3, -0.25) is 0 Å². The van der Waals surface area contributed by atoms with E-state index in [1.165, 1.54) is 11.3 Å². The third-order valence-electron chi connectivity index (χ3n) is 3.17. The van der Waals surface area contributed by atoms with Crippen LogP contribution in [0.3, 0.4) is 0 Å². The second-order valence-electron chi connectivity index (χ2n) is 4.46. The van der Waals surface area contributed by atoms with Gasteiger partial charge in [0.05, 0.1) is 11.4 Å². The predicted octanol–water partition coefficient (Wildman–Crippen LogP) is 1.91. The third kappa shape index (κ3) is 2.57. The number of hydrogen-bond acceptors (Lipinski definition) is 5. The largest absolute Gasteiger partial charge is 0.476 e. The lowest BCUT2D eigenvalue weighted by Crippen LogP contribution is -2.11. The molecule has 3 heterocycles. The van der Waals surface area contributed by atoms with Gasteiger partial charge in [-0.25, -0.2) is 14.5 Å². The number of carbonyl (C=O) groups is 1. The van der Waals surface area contributed by atoms with Crippen LogP contribution in [0.25, 0.3) is 10.6 Å². The van der Waals surface area contributed by atoms with Crippen LogP contribution < -0.4 is 0 Å². The Balaban J connectivity index is 1.92. The number of carboxylic acid groups (broad SMARTS) is 1. The fourth-order valence-corrected chi connectivity index (χ4v) is 2.89. The molecule has 3 aromatic heterocycles. The molecule has 7 nitrogen and oxygen atoms in total. The van der Waals surface area contributed by atoms with Crippen LogP contribution in [0.15, 0.2) is 29.9 Å². The van der Waals surface area contributed by atoms with Gasteiger partial charge in [-0.15, -0.1) is 16.4 Å². The van der Waals surface area contributed by atoms with Gasteiger partial charge >= 0.3 is 5.97 Å². The smallest absolute Gasteiger partial charge is 0.358 e. The fraction of sp³-hybridized carbons (Fsp3) is 0.231. The van der Waals surface area contributed by atoms with Gasteiger partial charge in [-0.2, -0.15) is 0 Å². The van der Waals surface area contributed by atoms with Gasteiger partial charge in [-0.1, -0.05) is 11.3 Å². The molecule has 21 heavy (non-hydrogen) atoms. The van der Waals surface area contributed by atoms with Crippen LogP contribution in [0.4, 0.5) is 0 Å². The summed E-state index contributed by atoms with van der Waals surface area (Å²) in [6.07, 6.45) is 3.62. The van der Waals surface area contributed by atoms with Gasteiger partial charge in [0.1, 0.15) is 11.5 Å². The molecule has 0 spiro atoms.